The summed E-state index contributed by atoms with van der Waals surface area (Å²) in [5.41, 5.74) is -1.08. The second-order valence-corrected chi connectivity index (χ2v) is 17.2. The van der Waals surface area contributed by atoms with E-state index in [2.05, 4.69) is 50.1 Å². The molecule has 0 saturated carbocycles. The molecule has 4 N–H and O–H groups in total. The highest BCUT2D eigenvalue weighted by Crippen LogP contribution is 2.54. The molecule has 0 radical (unpaired) electrons. The third-order valence-corrected chi connectivity index (χ3v) is 12.2. The number of hydrogen-bond acceptors (Lipinski definition) is 17. The van der Waals surface area contributed by atoms with Gasteiger partial charge in [0.25, 0.3) is 11.5 Å². The maximum absolute atomic E-state index is 16.7. The van der Waals surface area contributed by atoms with Gasteiger partial charge in [0.15, 0.2) is 59.0 Å². The van der Waals surface area contributed by atoms with Crippen molar-refractivity contribution >= 4 is 64.0 Å². The van der Waals surface area contributed by atoms with Crippen LogP contribution in [0.15, 0.2) is 54.1 Å². The summed E-state index contributed by atoms with van der Waals surface area (Å²) in [7, 11) is -10.0. The molecule has 0 spiro atoms. The van der Waals surface area contributed by atoms with Crippen molar-refractivity contribution in [3.63, 3.8) is 0 Å². The lowest BCUT2D eigenvalue weighted by molar-refractivity contribution is -0.118. The fourth-order valence-corrected chi connectivity index (χ4v) is 8.98. The van der Waals surface area contributed by atoms with E-state index in [1.54, 1.807) is 44.2 Å². The number of rotatable bonds is 9. The number of alkyl halides is 2. The van der Waals surface area contributed by atoms with Crippen LogP contribution in [0.4, 0.5) is 20.5 Å². The molecule has 24 nitrogen and oxygen atoms in total. The maximum atomic E-state index is 16.7. The van der Waals surface area contributed by atoms with Crippen LogP contribution in [0, 0.1) is 12.5 Å². The van der Waals surface area contributed by atoms with Gasteiger partial charge >= 0.3 is 18.1 Å². The zero-order chi connectivity index (χ0) is 43.9. The van der Waals surface area contributed by atoms with E-state index >= 15 is 8.78 Å². The predicted octanol–water partition coefficient (Wildman–Crippen LogP) is 1.96. The van der Waals surface area contributed by atoms with Crippen molar-refractivity contribution in [1.82, 2.24) is 43.8 Å². The number of imidazole rings is 2. The first-order valence-electron chi connectivity index (χ1n) is 18.6. The Morgan fingerprint density at radius 2 is 1.73 bits per heavy atom. The third-order valence-electron chi connectivity index (χ3n) is 9.70. The van der Waals surface area contributed by atoms with E-state index in [9.17, 15) is 27.4 Å². The van der Waals surface area contributed by atoms with Crippen molar-refractivity contribution in [2.24, 2.45) is 5.92 Å². The number of fused-ring (bicyclic) bond motifs is 5. The van der Waals surface area contributed by atoms with E-state index < -0.39 is 110 Å². The van der Waals surface area contributed by atoms with Crippen LogP contribution in [0.3, 0.4) is 0 Å². The summed E-state index contributed by atoms with van der Waals surface area (Å²) in [5.74, 6) is -1.88. The van der Waals surface area contributed by atoms with E-state index in [4.69, 9.17) is 33.8 Å². The smallest absolute Gasteiger partial charge is 0.347 e. The molecule has 1 unspecified atom stereocenters. The van der Waals surface area contributed by atoms with Gasteiger partial charge < -0.3 is 19.6 Å². The number of aromatic amines is 1. The first-order chi connectivity index (χ1) is 29.6. The number of nitrogens with zero attached hydrogens (tertiary/aromatic N) is 8. The minimum atomic E-state index is -5.02. The average Bonchev–Trinajstić information content (AvgIpc) is 4.01. The standard InChI is InChI=1S/C34H35F2N12O12PS/c1-16(2)29(49)45-34-44-28-23(31(51)46-34)41-15-48(28)33-25-20(35)19(58-33)12-56-61(52,55-10-9-37-3)59-24-18(11-42-62(53,54)60-25)57-32(21(24)36)47-14-40-22-26(38-13-39-27(22)47)43-30(50)17-7-5-4-6-8-17/h4-8,13-16,18-21,24-25,32-33,42H,9-12H2,1-2H3,(H,38,39,43,50)(H2,44,45,46,49,51)/t18-,19-,20-,21+,24-,25-,32-,33-,61?/m1/s1. The number of benzene rings is 1. The van der Waals surface area contributed by atoms with Crippen LogP contribution in [0.1, 0.15) is 36.7 Å². The summed E-state index contributed by atoms with van der Waals surface area (Å²) in [5, 5.41) is 5.06. The Morgan fingerprint density at radius 1 is 1.00 bits per heavy atom. The second-order valence-electron chi connectivity index (χ2n) is 14.2. The van der Waals surface area contributed by atoms with E-state index in [0.717, 1.165) is 28.1 Å². The lowest BCUT2D eigenvalue weighted by Gasteiger charge is -2.26. The van der Waals surface area contributed by atoms with Crippen LogP contribution >= 0.6 is 7.82 Å². The molecule has 3 fully saturated rings. The van der Waals surface area contributed by atoms with Crippen molar-refractivity contribution in [3.8, 4) is 0 Å². The topological polar surface area (TPSA) is 288 Å². The highest BCUT2D eigenvalue weighted by atomic mass is 32.2. The Hall–Kier alpha value is -5.69. The van der Waals surface area contributed by atoms with E-state index in [1.165, 1.54) is 0 Å². The number of phosphoric ester groups is 1. The number of phosphoric acid groups is 1. The summed E-state index contributed by atoms with van der Waals surface area (Å²) in [4.78, 5) is 64.4. The van der Waals surface area contributed by atoms with Crippen LogP contribution < -0.4 is 20.9 Å². The average molecular weight is 905 g/mol. The molecule has 1 aromatic carbocycles. The van der Waals surface area contributed by atoms with Crippen molar-refractivity contribution in [1.29, 1.82) is 0 Å². The Kier molecular flexibility index (Phi) is 11.9. The van der Waals surface area contributed by atoms with Gasteiger partial charge in [-0.2, -0.15) is 18.1 Å². The molecule has 2 bridgehead atoms. The Labute approximate surface area is 348 Å². The third kappa shape index (κ3) is 8.56. The van der Waals surface area contributed by atoms with Crippen LogP contribution in [0.25, 0.3) is 27.2 Å². The van der Waals surface area contributed by atoms with Crippen LogP contribution in [-0.2, 0) is 46.9 Å². The molecule has 3 aliphatic rings. The van der Waals surface area contributed by atoms with Crippen LogP contribution in [0.2, 0.25) is 0 Å². The molecule has 4 aromatic heterocycles. The van der Waals surface area contributed by atoms with Gasteiger partial charge in [0.1, 0.15) is 31.2 Å². The molecule has 3 saturated heterocycles. The Morgan fingerprint density at radius 3 is 2.47 bits per heavy atom. The van der Waals surface area contributed by atoms with Gasteiger partial charge in [0.2, 0.25) is 18.4 Å². The number of H-pyrrole nitrogens is 1. The number of amides is 2. The molecule has 2 amide bonds. The minimum absolute atomic E-state index is 0.0223. The SMILES string of the molecule is [C-]#[N+]CCOP1(=O)OC[C@H]2O[C@@H](n3cnc4c(=O)[nH]c(NC(=O)C(C)C)nc43)[C@H](OS(=O)(=O)NC[C@H]3O[C@@H](n4cnc5c(NC(=O)c6ccccc6)ncnc54)[C@@H](F)[C@@H]3O1)[C@@H]2F. The van der Waals surface area contributed by atoms with E-state index in [-0.39, 0.29) is 40.6 Å². The highest BCUT2D eigenvalue weighted by molar-refractivity contribution is 7.84. The number of halogens is 2. The molecule has 0 aliphatic carbocycles. The van der Waals surface area contributed by atoms with Crippen molar-refractivity contribution in [3.05, 3.63) is 76.6 Å². The summed E-state index contributed by atoms with van der Waals surface area (Å²) >= 11 is 0. The molecule has 9 atom stereocenters. The number of nitrogens with one attached hydrogen (secondary N) is 4. The molecule has 28 heteroatoms. The molecule has 3 aliphatic heterocycles. The van der Waals surface area contributed by atoms with Gasteiger partial charge in [-0.15, -0.1) is 0 Å². The lowest BCUT2D eigenvalue weighted by atomic mass is 10.1. The highest BCUT2D eigenvalue weighted by Gasteiger charge is 2.55. The summed E-state index contributed by atoms with van der Waals surface area (Å²) in [6.45, 7) is 7.60. The van der Waals surface area contributed by atoms with Gasteiger partial charge in [0, 0.05) is 18.0 Å². The molecular weight excluding hydrogens is 869 g/mol. The van der Waals surface area contributed by atoms with Crippen molar-refractivity contribution in [2.45, 2.75) is 63.1 Å². The fourth-order valence-electron chi connectivity index (χ4n) is 6.67. The van der Waals surface area contributed by atoms with Gasteiger partial charge in [-0.25, -0.2) is 44.0 Å². The van der Waals surface area contributed by atoms with Crippen LogP contribution in [-0.4, -0.2) is 122 Å². The van der Waals surface area contributed by atoms with E-state index in [0.29, 0.717) is 5.56 Å². The summed E-state index contributed by atoms with van der Waals surface area (Å²) in [6.07, 6.45) is -12.3. The first-order valence-corrected chi connectivity index (χ1v) is 21.5. The zero-order valence-corrected chi connectivity index (χ0v) is 33.9. The van der Waals surface area contributed by atoms with Gasteiger partial charge in [-0.05, 0) is 12.1 Å². The second kappa shape index (κ2) is 17.2. The van der Waals surface area contributed by atoms with Crippen molar-refractivity contribution < 1.29 is 58.6 Å². The Balaban J connectivity index is 1.10. The molecule has 62 heavy (non-hydrogen) atoms. The maximum Gasteiger partial charge on any atom is 0.475 e. The number of ether oxygens (including phenoxy) is 2. The first kappa shape index (κ1) is 43.0. The number of anilines is 2. The van der Waals surface area contributed by atoms with Crippen molar-refractivity contribution in [2.75, 3.05) is 36.9 Å². The molecule has 328 valence electrons. The number of carbonyl (C=O) groups is 2. The predicted molar refractivity (Wildman–Crippen MR) is 207 cm³/mol. The number of aromatic nitrogens is 8. The molecule has 5 aromatic rings. The normalized spacial score (nSPS) is 28.7. The van der Waals surface area contributed by atoms with Crippen LogP contribution in [0.5, 0.6) is 0 Å². The number of hydrogen-bond donors (Lipinski definition) is 4. The molecule has 7 heterocycles. The Bertz CT molecular complexity index is 2770. The van der Waals surface area contributed by atoms with Gasteiger partial charge in [0.05, 0.1) is 19.3 Å². The minimum Gasteiger partial charge on any atom is -0.347 e. The van der Waals surface area contributed by atoms with Gasteiger partial charge in [-0.1, -0.05) is 32.0 Å². The number of carbonyl (C=O) groups excluding carboxylic acids is 2. The lowest BCUT2D eigenvalue weighted by Crippen LogP contribution is -2.43. The zero-order valence-electron chi connectivity index (χ0n) is 32.2. The summed E-state index contributed by atoms with van der Waals surface area (Å²) < 4.78 is 112. The summed E-state index contributed by atoms with van der Waals surface area (Å²) in [6, 6.07) is 8.20. The van der Waals surface area contributed by atoms with Gasteiger partial charge in [-0.3, -0.25) is 47.4 Å². The fraction of sp³-hybridized carbons (Fsp3) is 0.441. The molecular formula is C34H35F2N12O12PS. The largest absolute Gasteiger partial charge is 0.475 e. The monoisotopic (exact) mass is 904 g/mol. The molecule has 8 rings (SSSR count). The van der Waals surface area contributed by atoms with E-state index in [1.807, 2.05) is 0 Å². The quantitative estimate of drug-likeness (QED) is 0.0934.